The number of aryl methyl sites for hydroxylation is 1. The highest BCUT2D eigenvalue weighted by molar-refractivity contribution is 5.99. The van der Waals surface area contributed by atoms with Crippen LogP contribution in [-0.2, 0) is 6.54 Å². The van der Waals surface area contributed by atoms with Gasteiger partial charge in [-0.2, -0.15) is 5.26 Å². The van der Waals surface area contributed by atoms with Gasteiger partial charge in [0, 0.05) is 37.1 Å². The van der Waals surface area contributed by atoms with E-state index in [2.05, 4.69) is 16.3 Å². The van der Waals surface area contributed by atoms with Crippen LogP contribution in [0.25, 0.3) is 10.9 Å². The molecule has 0 radical (unpaired) electrons. The lowest BCUT2D eigenvalue weighted by Crippen LogP contribution is -2.44. The molecule has 1 N–H and O–H groups in total. The van der Waals surface area contributed by atoms with Gasteiger partial charge in [-0.25, -0.2) is 0 Å². The standard InChI is InChI=1S/C23H22N4O2/c1-16-7-8-20-18(13-16)22(26-11-9-25-10-12-26)19(14-24)23(29)27(20)15-21(28)17-5-3-2-4-6-17/h2-8,13,25H,9-12,15H2,1H3. The first-order valence-corrected chi connectivity index (χ1v) is 9.71. The molecule has 0 unspecified atom stereocenters. The van der Waals surface area contributed by atoms with Crippen LogP contribution in [0.5, 0.6) is 0 Å². The van der Waals surface area contributed by atoms with Gasteiger partial charge in [0.2, 0.25) is 0 Å². The second-order valence-electron chi connectivity index (χ2n) is 7.27. The van der Waals surface area contributed by atoms with Gasteiger partial charge in [0.25, 0.3) is 5.56 Å². The van der Waals surface area contributed by atoms with Crippen molar-refractivity contribution in [2.24, 2.45) is 0 Å². The van der Waals surface area contributed by atoms with Crippen molar-refractivity contribution < 1.29 is 4.79 Å². The van der Waals surface area contributed by atoms with Crippen molar-refractivity contribution in [3.8, 4) is 6.07 Å². The molecular formula is C23H22N4O2. The fourth-order valence-electron chi connectivity index (χ4n) is 3.89. The lowest BCUT2D eigenvalue weighted by atomic mass is 10.0. The number of anilines is 1. The van der Waals surface area contributed by atoms with Crippen molar-refractivity contribution in [1.82, 2.24) is 9.88 Å². The van der Waals surface area contributed by atoms with Gasteiger partial charge in [-0.15, -0.1) is 0 Å². The molecule has 1 fully saturated rings. The molecule has 146 valence electrons. The minimum atomic E-state index is -0.415. The fourth-order valence-corrected chi connectivity index (χ4v) is 3.89. The molecule has 6 heteroatoms. The SMILES string of the molecule is Cc1ccc2c(c1)c(N1CCNCC1)c(C#N)c(=O)n2CC(=O)c1ccccc1. The van der Waals surface area contributed by atoms with E-state index in [0.717, 1.165) is 37.1 Å². The van der Waals surface area contributed by atoms with E-state index in [9.17, 15) is 14.9 Å². The Morgan fingerprint density at radius 3 is 2.55 bits per heavy atom. The summed E-state index contributed by atoms with van der Waals surface area (Å²) in [6, 6.07) is 16.8. The molecule has 2 heterocycles. The minimum Gasteiger partial charge on any atom is -0.367 e. The van der Waals surface area contributed by atoms with E-state index in [1.165, 1.54) is 4.57 Å². The summed E-state index contributed by atoms with van der Waals surface area (Å²) < 4.78 is 1.44. The molecule has 0 amide bonds. The molecule has 0 atom stereocenters. The normalized spacial score (nSPS) is 14.0. The molecule has 3 aromatic rings. The van der Waals surface area contributed by atoms with Crippen LogP contribution in [0.3, 0.4) is 0 Å². The van der Waals surface area contributed by atoms with E-state index in [1.807, 2.05) is 31.2 Å². The van der Waals surface area contributed by atoms with Gasteiger partial charge in [0.15, 0.2) is 5.78 Å². The van der Waals surface area contributed by atoms with Gasteiger partial charge in [-0.1, -0.05) is 42.0 Å². The number of piperazine rings is 1. The summed E-state index contributed by atoms with van der Waals surface area (Å²) >= 11 is 0. The van der Waals surface area contributed by atoms with Gasteiger partial charge in [0.05, 0.1) is 17.7 Å². The Morgan fingerprint density at radius 1 is 1.14 bits per heavy atom. The predicted octanol–water partition coefficient (Wildman–Crippen LogP) is 2.47. The second-order valence-corrected chi connectivity index (χ2v) is 7.27. The van der Waals surface area contributed by atoms with Crippen LogP contribution in [0.1, 0.15) is 21.5 Å². The quantitative estimate of drug-likeness (QED) is 0.697. The Labute approximate surface area is 169 Å². The number of fused-ring (bicyclic) bond motifs is 1. The molecule has 0 spiro atoms. The summed E-state index contributed by atoms with van der Waals surface area (Å²) in [7, 11) is 0. The highest BCUT2D eigenvalue weighted by Crippen LogP contribution is 2.30. The first-order chi connectivity index (χ1) is 14.1. The number of nitriles is 1. The van der Waals surface area contributed by atoms with E-state index in [-0.39, 0.29) is 17.9 Å². The number of hydrogen-bond acceptors (Lipinski definition) is 5. The van der Waals surface area contributed by atoms with Crippen molar-refractivity contribution in [3.63, 3.8) is 0 Å². The van der Waals surface area contributed by atoms with Crippen molar-refractivity contribution in [3.05, 3.63) is 75.6 Å². The number of benzene rings is 2. The van der Waals surface area contributed by atoms with Crippen LogP contribution in [0.2, 0.25) is 0 Å². The van der Waals surface area contributed by atoms with Crippen molar-refractivity contribution in [2.75, 3.05) is 31.1 Å². The molecule has 4 rings (SSSR count). The third-order valence-corrected chi connectivity index (χ3v) is 5.34. The molecule has 0 bridgehead atoms. The third kappa shape index (κ3) is 3.53. The van der Waals surface area contributed by atoms with Gasteiger partial charge >= 0.3 is 0 Å². The van der Waals surface area contributed by atoms with Crippen LogP contribution in [0.4, 0.5) is 5.69 Å². The summed E-state index contributed by atoms with van der Waals surface area (Å²) in [5, 5.41) is 14.0. The monoisotopic (exact) mass is 386 g/mol. The number of ketones is 1. The maximum absolute atomic E-state index is 13.3. The predicted molar refractivity (Wildman–Crippen MR) is 114 cm³/mol. The van der Waals surface area contributed by atoms with Gasteiger partial charge in [-0.05, 0) is 19.1 Å². The van der Waals surface area contributed by atoms with Gasteiger partial charge in [0.1, 0.15) is 11.6 Å². The lowest BCUT2D eigenvalue weighted by Gasteiger charge is -2.31. The average molecular weight is 386 g/mol. The highest BCUT2D eigenvalue weighted by atomic mass is 16.1. The molecule has 1 aliphatic rings. The molecule has 1 saturated heterocycles. The number of nitrogens with zero attached hydrogens (tertiary/aromatic N) is 3. The zero-order chi connectivity index (χ0) is 20.4. The Kier molecular flexibility index (Phi) is 5.15. The first-order valence-electron chi connectivity index (χ1n) is 9.71. The Hall–Kier alpha value is -3.43. The first kappa shape index (κ1) is 18.9. The molecule has 1 aliphatic heterocycles. The number of rotatable bonds is 4. The van der Waals surface area contributed by atoms with E-state index < -0.39 is 5.56 Å². The zero-order valence-corrected chi connectivity index (χ0v) is 16.3. The number of carbonyl (C=O) groups is 1. The minimum absolute atomic E-state index is 0.0983. The van der Waals surface area contributed by atoms with E-state index in [4.69, 9.17) is 0 Å². The lowest BCUT2D eigenvalue weighted by molar-refractivity contribution is 0.0972. The van der Waals surface area contributed by atoms with Crippen LogP contribution >= 0.6 is 0 Å². The number of Topliss-reactive ketones (excluding diaryl/α,β-unsaturated/α-hetero) is 1. The number of pyridine rings is 1. The Morgan fingerprint density at radius 2 is 1.86 bits per heavy atom. The number of aromatic nitrogens is 1. The molecular weight excluding hydrogens is 364 g/mol. The fraction of sp³-hybridized carbons (Fsp3) is 0.261. The summed E-state index contributed by atoms with van der Waals surface area (Å²) in [5.41, 5.74) is 2.63. The summed E-state index contributed by atoms with van der Waals surface area (Å²) in [4.78, 5) is 28.2. The maximum Gasteiger partial charge on any atom is 0.271 e. The second kappa shape index (κ2) is 7.90. The number of nitrogens with one attached hydrogen (secondary N) is 1. The Balaban J connectivity index is 1.92. The summed E-state index contributed by atoms with van der Waals surface area (Å²) in [6.45, 7) is 4.94. The van der Waals surface area contributed by atoms with Crippen LogP contribution in [0.15, 0.2) is 53.3 Å². The molecule has 0 aliphatic carbocycles. The van der Waals surface area contributed by atoms with E-state index in [0.29, 0.717) is 16.8 Å². The summed E-state index contributed by atoms with van der Waals surface area (Å²) in [5.74, 6) is -0.159. The van der Waals surface area contributed by atoms with Crippen molar-refractivity contribution >= 4 is 22.4 Å². The van der Waals surface area contributed by atoms with Crippen LogP contribution in [-0.4, -0.2) is 36.5 Å². The number of carbonyl (C=O) groups excluding carboxylic acids is 1. The van der Waals surface area contributed by atoms with Crippen LogP contribution < -0.4 is 15.8 Å². The molecule has 0 saturated carbocycles. The largest absolute Gasteiger partial charge is 0.367 e. The number of hydrogen-bond donors (Lipinski definition) is 1. The molecule has 2 aromatic carbocycles. The highest BCUT2D eigenvalue weighted by Gasteiger charge is 2.23. The molecule has 6 nitrogen and oxygen atoms in total. The Bertz CT molecular complexity index is 1170. The van der Waals surface area contributed by atoms with E-state index >= 15 is 0 Å². The van der Waals surface area contributed by atoms with Gasteiger partial charge in [-0.3, -0.25) is 14.2 Å². The zero-order valence-electron chi connectivity index (χ0n) is 16.3. The smallest absolute Gasteiger partial charge is 0.271 e. The maximum atomic E-state index is 13.3. The molecule has 1 aromatic heterocycles. The molecule has 29 heavy (non-hydrogen) atoms. The van der Waals surface area contributed by atoms with Crippen molar-refractivity contribution in [2.45, 2.75) is 13.5 Å². The average Bonchev–Trinajstić information content (AvgIpc) is 2.76. The summed E-state index contributed by atoms with van der Waals surface area (Å²) in [6.07, 6.45) is 0. The van der Waals surface area contributed by atoms with Crippen molar-refractivity contribution in [1.29, 1.82) is 5.26 Å². The third-order valence-electron chi connectivity index (χ3n) is 5.34. The van der Waals surface area contributed by atoms with E-state index in [1.54, 1.807) is 24.3 Å². The topological polar surface area (TPSA) is 78.1 Å². The van der Waals surface area contributed by atoms with Gasteiger partial charge < -0.3 is 10.2 Å². The van der Waals surface area contributed by atoms with Crippen LogP contribution in [0, 0.1) is 18.3 Å².